The third-order valence-corrected chi connectivity index (χ3v) is 4.81. The standard InChI is InChI=1S/C15H16N4O2S/c20-14(13-2-1-7-22-13)19-9-11-8-16-15(17-12(11)10-19)18-3-5-21-6-4-18/h1-2,7-8H,3-6,9-10H2. The summed E-state index contributed by atoms with van der Waals surface area (Å²) in [6.07, 6.45) is 1.86. The summed E-state index contributed by atoms with van der Waals surface area (Å²) in [5, 5.41) is 1.92. The number of amides is 1. The van der Waals surface area contributed by atoms with E-state index >= 15 is 0 Å². The third kappa shape index (κ3) is 2.46. The fourth-order valence-electron chi connectivity index (χ4n) is 2.76. The first-order valence-corrected chi connectivity index (χ1v) is 8.19. The molecule has 0 radical (unpaired) electrons. The van der Waals surface area contributed by atoms with E-state index < -0.39 is 0 Å². The Kier molecular flexibility index (Phi) is 3.51. The van der Waals surface area contributed by atoms with Gasteiger partial charge in [0.15, 0.2) is 0 Å². The monoisotopic (exact) mass is 316 g/mol. The van der Waals surface area contributed by atoms with E-state index in [-0.39, 0.29) is 5.91 Å². The lowest BCUT2D eigenvalue weighted by molar-refractivity contribution is 0.0755. The van der Waals surface area contributed by atoms with E-state index in [0.29, 0.717) is 26.3 Å². The Morgan fingerprint density at radius 3 is 2.91 bits per heavy atom. The molecular weight excluding hydrogens is 300 g/mol. The molecule has 2 aliphatic rings. The van der Waals surface area contributed by atoms with Crippen LogP contribution in [0, 0.1) is 0 Å². The first-order valence-electron chi connectivity index (χ1n) is 7.31. The highest BCUT2D eigenvalue weighted by Crippen LogP contribution is 2.25. The molecule has 114 valence electrons. The number of aromatic nitrogens is 2. The van der Waals surface area contributed by atoms with Crippen LogP contribution in [0.5, 0.6) is 0 Å². The minimum Gasteiger partial charge on any atom is -0.378 e. The number of hydrogen-bond acceptors (Lipinski definition) is 6. The van der Waals surface area contributed by atoms with Gasteiger partial charge in [0.1, 0.15) is 0 Å². The van der Waals surface area contributed by atoms with Crippen molar-refractivity contribution in [3.8, 4) is 0 Å². The van der Waals surface area contributed by atoms with Crippen molar-refractivity contribution < 1.29 is 9.53 Å². The maximum absolute atomic E-state index is 12.4. The fourth-order valence-corrected chi connectivity index (χ4v) is 3.45. The van der Waals surface area contributed by atoms with Crippen molar-refractivity contribution in [2.75, 3.05) is 31.2 Å². The molecule has 0 bridgehead atoms. The Hall–Kier alpha value is -1.99. The number of fused-ring (bicyclic) bond motifs is 1. The Labute approximate surface area is 132 Å². The molecular formula is C15H16N4O2S. The minimum absolute atomic E-state index is 0.0703. The number of morpholine rings is 1. The van der Waals surface area contributed by atoms with Crippen LogP contribution < -0.4 is 4.90 Å². The summed E-state index contributed by atoms with van der Waals surface area (Å²) in [5.41, 5.74) is 2.00. The van der Waals surface area contributed by atoms with E-state index in [0.717, 1.165) is 35.2 Å². The van der Waals surface area contributed by atoms with Crippen LogP contribution in [0.2, 0.25) is 0 Å². The topological polar surface area (TPSA) is 58.6 Å². The van der Waals surface area contributed by atoms with Gasteiger partial charge >= 0.3 is 0 Å². The summed E-state index contributed by atoms with van der Waals surface area (Å²) in [5.74, 6) is 0.813. The molecule has 0 atom stereocenters. The maximum atomic E-state index is 12.4. The lowest BCUT2D eigenvalue weighted by Gasteiger charge is -2.26. The highest BCUT2D eigenvalue weighted by atomic mass is 32.1. The number of rotatable bonds is 2. The van der Waals surface area contributed by atoms with Gasteiger partial charge in [-0.2, -0.15) is 0 Å². The van der Waals surface area contributed by atoms with Crippen LogP contribution in [-0.2, 0) is 17.8 Å². The van der Waals surface area contributed by atoms with Crippen LogP contribution in [0.25, 0.3) is 0 Å². The number of anilines is 1. The quantitative estimate of drug-likeness (QED) is 0.841. The minimum atomic E-state index is 0.0703. The van der Waals surface area contributed by atoms with Gasteiger partial charge in [-0.05, 0) is 11.4 Å². The van der Waals surface area contributed by atoms with Gasteiger partial charge < -0.3 is 14.5 Å². The van der Waals surface area contributed by atoms with Crippen LogP contribution >= 0.6 is 11.3 Å². The van der Waals surface area contributed by atoms with E-state index in [1.165, 1.54) is 11.3 Å². The molecule has 0 aliphatic carbocycles. The predicted molar refractivity (Wildman–Crippen MR) is 83.0 cm³/mol. The molecule has 22 heavy (non-hydrogen) atoms. The van der Waals surface area contributed by atoms with Crippen LogP contribution in [0.1, 0.15) is 20.9 Å². The van der Waals surface area contributed by atoms with Crippen molar-refractivity contribution in [2.24, 2.45) is 0 Å². The second kappa shape index (κ2) is 5.66. The molecule has 4 heterocycles. The number of hydrogen-bond donors (Lipinski definition) is 0. The Balaban J connectivity index is 1.52. The molecule has 6 nitrogen and oxygen atoms in total. The van der Waals surface area contributed by atoms with E-state index in [9.17, 15) is 4.79 Å². The molecule has 2 aromatic rings. The SMILES string of the molecule is O=C(c1cccs1)N1Cc2cnc(N3CCOCC3)nc2C1. The average Bonchev–Trinajstić information content (AvgIpc) is 3.23. The number of ether oxygens (including phenoxy) is 1. The largest absolute Gasteiger partial charge is 0.378 e. The molecule has 1 saturated heterocycles. The summed E-state index contributed by atoms with van der Waals surface area (Å²) < 4.78 is 5.35. The van der Waals surface area contributed by atoms with Crippen molar-refractivity contribution in [3.05, 3.63) is 39.8 Å². The van der Waals surface area contributed by atoms with E-state index in [1.807, 2.05) is 28.6 Å². The van der Waals surface area contributed by atoms with Gasteiger partial charge in [-0.25, -0.2) is 9.97 Å². The van der Waals surface area contributed by atoms with Crippen molar-refractivity contribution in [1.82, 2.24) is 14.9 Å². The molecule has 0 unspecified atom stereocenters. The fraction of sp³-hybridized carbons (Fsp3) is 0.400. The van der Waals surface area contributed by atoms with Crippen molar-refractivity contribution in [3.63, 3.8) is 0 Å². The van der Waals surface area contributed by atoms with E-state index in [2.05, 4.69) is 14.9 Å². The van der Waals surface area contributed by atoms with Gasteiger partial charge in [0, 0.05) is 31.4 Å². The summed E-state index contributed by atoms with van der Waals surface area (Å²) >= 11 is 1.47. The maximum Gasteiger partial charge on any atom is 0.264 e. The molecule has 2 aliphatic heterocycles. The first kappa shape index (κ1) is 13.7. The van der Waals surface area contributed by atoms with Crippen molar-refractivity contribution >= 4 is 23.2 Å². The summed E-state index contributed by atoms with van der Waals surface area (Å²) in [6.45, 7) is 4.21. The number of carbonyl (C=O) groups is 1. The van der Waals surface area contributed by atoms with Gasteiger partial charge in [-0.3, -0.25) is 4.79 Å². The first-order chi connectivity index (χ1) is 10.8. The van der Waals surface area contributed by atoms with Gasteiger partial charge in [0.2, 0.25) is 5.95 Å². The second-order valence-corrected chi connectivity index (χ2v) is 6.33. The zero-order valence-electron chi connectivity index (χ0n) is 12.1. The van der Waals surface area contributed by atoms with E-state index in [4.69, 9.17) is 4.74 Å². The smallest absolute Gasteiger partial charge is 0.264 e. The highest BCUT2D eigenvalue weighted by molar-refractivity contribution is 7.12. The van der Waals surface area contributed by atoms with Gasteiger partial charge in [-0.15, -0.1) is 11.3 Å². The predicted octanol–water partition coefficient (Wildman–Crippen LogP) is 1.53. The lowest BCUT2D eigenvalue weighted by atomic mass is 10.3. The molecule has 2 aromatic heterocycles. The number of nitrogens with zero attached hydrogens (tertiary/aromatic N) is 4. The Morgan fingerprint density at radius 1 is 1.27 bits per heavy atom. The second-order valence-electron chi connectivity index (χ2n) is 5.38. The van der Waals surface area contributed by atoms with Crippen LogP contribution in [0.4, 0.5) is 5.95 Å². The molecule has 1 fully saturated rings. The molecule has 1 amide bonds. The average molecular weight is 316 g/mol. The van der Waals surface area contributed by atoms with Crippen LogP contribution in [0.3, 0.4) is 0 Å². The summed E-state index contributed by atoms with van der Waals surface area (Å²) in [4.78, 5) is 26.3. The molecule has 0 N–H and O–H groups in total. The summed E-state index contributed by atoms with van der Waals surface area (Å²) in [7, 11) is 0. The molecule has 0 aromatic carbocycles. The highest BCUT2D eigenvalue weighted by Gasteiger charge is 2.27. The third-order valence-electron chi connectivity index (χ3n) is 3.96. The number of carbonyl (C=O) groups excluding carboxylic acids is 1. The van der Waals surface area contributed by atoms with E-state index in [1.54, 1.807) is 0 Å². The molecule has 0 spiro atoms. The lowest BCUT2D eigenvalue weighted by Crippen LogP contribution is -2.37. The zero-order valence-corrected chi connectivity index (χ0v) is 12.9. The van der Waals surface area contributed by atoms with Gasteiger partial charge in [0.25, 0.3) is 5.91 Å². The summed E-state index contributed by atoms with van der Waals surface area (Å²) in [6, 6.07) is 3.76. The molecule has 7 heteroatoms. The van der Waals surface area contributed by atoms with Crippen molar-refractivity contribution in [1.29, 1.82) is 0 Å². The van der Waals surface area contributed by atoms with Gasteiger partial charge in [-0.1, -0.05) is 6.07 Å². The van der Waals surface area contributed by atoms with Crippen LogP contribution in [-0.4, -0.2) is 47.1 Å². The Bertz CT molecular complexity index is 683. The Morgan fingerprint density at radius 2 is 2.14 bits per heavy atom. The molecule has 0 saturated carbocycles. The van der Waals surface area contributed by atoms with Crippen molar-refractivity contribution in [2.45, 2.75) is 13.1 Å². The van der Waals surface area contributed by atoms with Gasteiger partial charge in [0.05, 0.1) is 30.3 Å². The number of thiophene rings is 1. The normalized spacial score (nSPS) is 17.6. The van der Waals surface area contributed by atoms with Crippen LogP contribution in [0.15, 0.2) is 23.7 Å². The molecule has 4 rings (SSSR count). The zero-order chi connectivity index (χ0) is 14.9.